The standard InChI is InChI=1S/C11H13ClF2N2O2/c12-9-5-7(15)1-2-8(9)11(17)16-3-4-18-6-10(13)14/h1-2,5,10H,3-4,6,15H2,(H,16,17). The zero-order valence-corrected chi connectivity index (χ0v) is 10.2. The zero-order valence-electron chi connectivity index (χ0n) is 9.46. The highest BCUT2D eigenvalue weighted by Crippen LogP contribution is 2.18. The van der Waals surface area contributed by atoms with Gasteiger partial charge in [0.2, 0.25) is 0 Å². The summed E-state index contributed by atoms with van der Waals surface area (Å²) in [6, 6.07) is 4.50. The van der Waals surface area contributed by atoms with Crippen molar-refractivity contribution in [2.45, 2.75) is 6.43 Å². The van der Waals surface area contributed by atoms with Crippen LogP contribution in [0, 0.1) is 0 Å². The van der Waals surface area contributed by atoms with Gasteiger partial charge in [0.25, 0.3) is 12.3 Å². The second-order valence-corrected chi connectivity index (χ2v) is 3.87. The van der Waals surface area contributed by atoms with E-state index in [9.17, 15) is 13.6 Å². The largest absolute Gasteiger partial charge is 0.399 e. The highest BCUT2D eigenvalue weighted by molar-refractivity contribution is 6.34. The van der Waals surface area contributed by atoms with E-state index in [1.165, 1.54) is 12.1 Å². The fraction of sp³-hybridized carbons (Fsp3) is 0.364. The number of rotatable bonds is 6. The van der Waals surface area contributed by atoms with E-state index in [4.69, 9.17) is 17.3 Å². The Morgan fingerprint density at radius 3 is 2.83 bits per heavy atom. The van der Waals surface area contributed by atoms with E-state index in [2.05, 4.69) is 10.1 Å². The number of alkyl halides is 2. The molecule has 0 unspecified atom stereocenters. The van der Waals surface area contributed by atoms with Gasteiger partial charge in [-0.05, 0) is 18.2 Å². The zero-order chi connectivity index (χ0) is 13.5. The number of anilines is 1. The van der Waals surface area contributed by atoms with Crippen LogP contribution in [-0.2, 0) is 4.74 Å². The van der Waals surface area contributed by atoms with Crippen LogP contribution < -0.4 is 11.1 Å². The van der Waals surface area contributed by atoms with Crippen LogP contribution in [0.4, 0.5) is 14.5 Å². The van der Waals surface area contributed by atoms with Gasteiger partial charge in [0.15, 0.2) is 0 Å². The molecule has 0 aliphatic rings. The summed E-state index contributed by atoms with van der Waals surface area (Å²) in [6.45, 7) is -0.493. The third-order valence-corrected chi connectivity index (χ3v) is 2.33. The van der Waals surface area contributed by atoms with Crippen molar-refractivity contribution in [3.05, 3.63) is 28.8 Å². The summed E-state index contributed by atoms with van der Waals surface area (Å²) < 4.78 is 28.1. The molecule has 1 rings (SSSR count). The van der Waals surface area contributed by atoms with Crippen LogP contribution in [0.25, 0.3) is 0 Å². The van der Waals surface area contributed by atoms with Gasteiger partial charge in [-0.3, -0.25) is 4.79 Å². The number of amides is 1. The van der Waals surface area contributed by atoms with E-state index in [1.807, 2.05) is 0 Å². The van der Waals surface area contributed by atoms with E-state index >= 15 is 0 Å². The van der Waals surface area contributed by atoms with Crippen LogP contribution in [0.2, 0.25) is 5.02 Å². The first-order valence-corrected chi connectivity index (χ1v) is 5.57. The summed E-state index contributed by atoms with van der Waals surface area (Å²) in [5.74, 6) is -0.402. The molecule has 0 aromatic heterocycles. The van der Waals surface area contributed by atoms with E-state index < -0.39 is 18.9 Å². The van der Waals surface area contributed by atoms with Gasteiger partial charge in [-0.15, -0.1) is 0 Å². The number of halogens is 3. The topological polar surface area (TPSA) is 64.4 Å². The first-order valence-electron chi connectivity index (χ1n) is 5.20. The van der Waals surface area contributed by atoms with Crippen LogP contribution in [-0.4, -0.2) is 32.1 Å². The minimum absolute atomic E-state index is 0.0165. The van der Waals surface area contributed by atoms with Crippen molar-refractivity contribution < 1.29 is 18.3 Å². The predicted molar refractivity (Wildman–Crippen MR) is 65.0 cm³/mol. The quantitative estimate of drug-likeness (QED) is 0.617. The normalized spacial score (nSPS) is 10.7. The number of hydrogen-bond acceptors (Lipinski definition) is 3. The van der Waals surface area contributed by atoms with E-state index in [1.54, 1.807) is 6.07 Å². The lowest BCUT2D eigenvalue weighted by atomic mass is 10.2. The maximum absolute atomic E-state index is 11.7. The minimum Gasteiger partial charge on any atom is -0.399 e. The molecule has 0 spiro atoms. The second-order valence-electron chi connectivity index (χ2n) is 3.46. The average molecular weight is 279 g/mol. The number of ether oxygens (including phenoxy) is 1. The number of nitrogens with one attached hydrogen (secondary N) is 1. The number of hydrogen-bond donors (Lipinski definition) is 2. The van der Waals surface area contributed by atoms with Crippen molar-refractivity contribution in [1.29, 1.82) is 0 Å². The van der Waals surface area contributed by atoms with Gasteiger partial charge in [-0.2, -0.15) is 0 Å². The first-order chi connectivity index (χ1) is 8.50. The Morgan fingerprint density at radius 1 is 1.50 bits per heavy atom. The lowest BCUT2D eigenvalue weighted by Crippen LogP contribution is -2.28. The number of nitrogen functional groups attached to an aromatic ring is 1. The van der Waals surface area contributed by atoms with Gasteiger partial charge in [0.1, 0.15) is 6.61 Å². The van der Waals surface area contributed by atoms with Crippen LogP contribution >= 0.6 is 11.6 Å². The molecule has 0 radical (unpaired) electrons. The first kappa shape index (κ1) is 14.7. The third-order valence-electron chi connectivity index (χ3n) is 2.01. The highest BCUT2D eigenvalue weighted by Gasteiger charge is 2.09. The average Bonchev–Trinajstić information content (AvgIpc) is 2.27. The third kappa shape index (κ3) is 4.85. The molecule has 0 aliphatic heterocycles. The summed E-state index contributed by atoms with van der Waals surface area (Å²) in [4.78, 5) is 11.6. The highest BCUT2D eigenvalue weighted by atomic mass is 35.5. The number of carbonyl (C=O) groups excluding carboxylic acids is 1. The molecule has 0 saturated heterocycles. The molecule has 0 saturated carbocycles. The Bertz CT molecular complexity index is 416. The molecule has 0 fully saturated rings. The van der Waals surface area contributed by atoms with Gasteiger partial charge in [0.05, 0.1) is 17.2 Å². The van der Waals surface area contributed by atoms with Crippen molar-refractivity contribution in [3.8, 4) is 0 Å². The molecule has 1 amide bonds. The van der Waals surface area contributed by atoms with Crippen molar-refractivity contribution in [3.63, 3.8) is 0 Å². The van der Waals surface area contributed by atoms with Crippen LogP contribution in [0.15, 0.2) is 18.2 Å². The van der Waals surface area contributed by atoms with Crippen molar-refractivity contribution >= 4 is 23.2 Å². The molecule has 4 nitrogen and oxygen atoms in total. The molecule has 3 N–H and O–H groups in total. The SMILES string of the molecule is Nc1ccc(C(=O)NCCOCC(F)F)c(Cl)c1. The Balaban J connectivity index is 2.36. The molecule has 0 atom stereocenters. The Labute approximate surface area is 108 Å². The van der Waals surface area contributed by atoms with Crippen LogP contribution in [0.3, 0.4) is 0 Å². The van der Waals surface area contributed by atoms with E-state index in [0.29, 0.717) is 5.69 Å². The summed E-state index contributed by atoms with van der Waals surface area (Å²) in [5, 5.41) is 2.74. The molecule has 18 heavy (non-hydrogen) atoms. The van der Waals surface area contributed by atoms with Crippen molar-refractivity contribution in [2.24, 2.45) is 0 Å². The minimum atomic E-state index is -2.51. The summed E-state index contributed by atoms with van der Waals surface area (Å²) in [6.07, 6.45) is -2.51. The maximum Gasteiger partial charge on any atom is 0.261 e. The van der Waals surface area contributed by atoms with Gasteiger partial charge in [-0.25, -0.2) is 8.78 Å². The monoisotopic (exact) mass is 278 g/mol. The van der Waals surface area contributed by atoms with Gasteiger partial charge in [-0.1, -0.05) is 11.6 Å². The fourth-order valence-electron chi connectivity index (χ4n) is 1.22. The second kappa shape index (κ2) is 7.13. The number of carbonyl (C=O) groups is 1. The lowest BCUT2D eigenvalue weighted by molar-refractivity contribution is 0.0188. The molecule has 1 aromatic rings. The molecule has 7 heteroatoms. The molecule has 0 bridgehead atoms. The molecule has 100 valence electrons. The van der Waals surface area contributed by atoms with Crippen molar-refractivity contribution in [1.82, 2.24) is 5.32 Å². The molecule has 0 aliphatic carbocycles. The molecule has 0 heterocycles. The Morgan fingerprint density at radius 2 is 2.22 bits per heavy atom. The summed E-state index contributed by atoms with van der Waals surface area (Å²) in [5.41, 5.74) is 6.22. The lowest BCUT2D eigenvalue weighted by Gasteiger charge is -2.07. The summed E-state index contributed by atoms with van der Waals surface area (Å²) >= 11 is 5.83. The Hall–Kier alpha value is -1.40. The van der Waals surface area contributed by atoms with Gasteiger partial charge in [0, 0.05) is 12.2 Å². The van der Waals surface area contributed by atoms with Crippen LogP contribution in [0.5, 0.6) is 0 Å². The smallest absolute Gasteiger partial charge is 0.261 e. The number of benzene rings is 1. The molecular formula is C11H13ClF2N2O2. The van der Waals surface area contributed by atoms with Gasteiger partial charge >= 0.3 is 0 Å². The van der Waals surface area contributed by atoms with E-state index in [0.717, 1.165) is 0 Å². The molecule has 1 aromatic carbocycles. The van der Waals surface area contributed by atoms with E-state index in [-0.39, 0.29) is 23.7 Å². The Kier molecular flexibility index (Phi) is 5.80. The van der Waals surface area contributed by atoms with Crippen molar-refractivity contribution in [2.75, 3.05) is 25.5 Å². The fourth-order valence-corrected chi connectivity index (χ4v) is 1.49. The molecular weight excluding hydrogens is 266 g/mol. The number of nitrogens with two attached hydrogens (primary N) is 1. The maximum atomic E-state index is 11.7. The summed E-state index contributed by atoms with van der Waals surface area (Å²) in [7, 11) is 0. The predicted octanol–water partition coefficient (Wildman–Crippen LogP) is 1.93. The van der Waals surface area contributed by atoms with Gasteiger partial charge < -0.3 is 15.8 Å². The van der Waals surface area contributed by atoms with Crippen LogP contribution in [0.1, 0.15) is 10.4 Å².